The minimum absolute atomic E-state index is 0.284. The highest BCUT2D eigenvalue weighted by molar-refractivity contribution is 7.95. The molecule has 7 heteroatoms. The minimum Gasteiger partial charge on any atom is -0.387 e. The first-order chi connectivity index (χ1) is 8.96. The maximum Gasteiger partial charge on any atom is 0.221 e. The summed E-state index contributed by atoms with van der Waals surface area (Å²) < 4.78 is 50.8. The van der Waals surface area contributed by atoms with Crippen LogP contribution in [0, 0.1) is 23.0 Å². The summed E-state index contributed by atoms with van der Waals surface area (Å²) in [6.07, 6.45) is 1.13. The number of benzene rings is 1. The molecule has 1 aliphatic rings. The third kappa shape index (κ3) is 2.44. The topological polar surface area (TPSA) is 70.0 Å². The van der Waals surface area contributed by atoms with Crippen molar-refractivity contribution in [1.82, 2.24) is 5.32 Å². The smallest absolute Gasteiger partial charge is 0.221 e. The van der Waals surface area contributed by atoms with Gasteiger partial charge in [-0.25, -0.2) is 17.2 Å². The van der Waals surface area contributed by atoms with Crippen LogP contribution < -0.4 is 5.32 Å². The molecule has 0 atom stereocenters. The first kappa shape index (κ1) is 13.5. The fourth-order valence-electron chi connectivity index (χ4n) is 1.88. The van der Waals surface area contributed by atoms with E-state index in [4.69, 9.17) is 5.26 Å². The zero-order chi connectivity index (χ0) is 14.0. The highest BCUT2D eigenvalue weighted by Gasteiger charge is 2.29. The highest BCUT2D eigenvalue weighted by atomic mass is 32.2. The second-order valence-electron chi connectivity index (χ2n) is 4.03. The molecule has 1 heterocycles. The van der Waals surface area contributed by atoms with Crippen LogP contribution in [0.3, 0.4) is 0 Å². The molecule has 19 heavy (non-hydrogen) atoms. The zero-order valence-electron chi connectivity index (χ0n) is 9.78. The minimum atomic E-state index is -4.27. The van der Waals surface area contributed by atoms with Crippen LogP contribution in [0.25, 0.3) is 0 Å². The first-order valence-corrected chi connectivity index (χ1v) is 7.02. The zero-order valence-corrected chi connectivity index (χ0v) is 10.6. The third-order valence-electron chi connectivity index (χ3n) is 2.77. The lowest BCUT2D eigenvalue weighted by Crippen LogP contribution is -2.14. The number of nitriles is 1. The molecule has 1 saturated heterocycles. The van der Waals surface area contributed by atoms with Crippen LogP contribution in [0.1, 0.15) is 12.8 Å². The fraction of sp³-hybridized carbons (Fsp3) is 0.250. The van der Waals surface area contributed by atoms with E-state index in [9.17, 15) is 17.2 Å². The van der Waals surface area contributed by atoms with Gasteiger partial charge in [0.2, 0.25) is 9.84 Å². The highest BCUT2D eigenvalue weighted by Crippen LogP contribution is 2.26. The lowest BCUT2D eigenvalue weighted by Gasteiger charge is -2.07. The molecule has 1 aliphatic heterocycles. The van der Waals surface area contributed by atoms with E-state index in [1.807, 2.05) is 0 Å². The van der Waals surface area contributed by atoms with Gasteiger partial charge in [-0.2, -0.15) is 5.26 Å². The monoisotopic (exact) mass is 284 g/mol. The molecule has 0 aromatic heterocycles. The molecule has 100 valence electrons. The lowest BCUT2D eigenvalue weighted by atomic mass is 10.3. The van der Waals surface area contributed by atoms with Crippen LogP contribution in [0.4, 0.5) is 8.78 Å². The molecule has 0 radical (unpaired) electrons. The molecule has 1 aromatic carbocycles. The van der Waals surface area contributed by atoms with Crippen molar-refractivity contribution in [2.75, 3.05) is 6.54 Å². The predicted octanol–water partition coefficient (Wildman–Crippen LogP) is 1.86. The quantitative estimate of drug-likeness (QED) is 0.664. The van der Waals surface area contributed by atoms with Crippen LogP contribution in [0.2, 0.25) is 0 Å². The van der Waals surface area contributed by atoms with Gasteiger partial charge in [0.1, 0.15) is 22.6 Å². The van der Waals surface area contributed by atoms with Gasteiger partial charge in [0.05, 0.1) is 0 Å². The molecule has 0 aliphatic carbocycles. The number of allylic oxidation sites excluding steroid dienone is 2. The fourth-order valence-corrected chi connectivity index (χ4v) is 3.28. The molecule has 0 saturated carbocycles. The van der Waals surface area contributed by atoms with E-state index >= 15 is 0 Å². The van der Waals surface area contributed by atoms with Crippen molar-refractivity contribution >= 4 is 9.84 Å². The second-order valence-corrected chi connectivity index (χ2v) is 5.88. The van der Waals surface area contributed by atoms with Gasteiger partial charge in [-0.3, -0.25) is 0 Å². The predicted molar refractivity (Wildman–Crippen MR) is 63.4 cm³/mol. The Morgan fingerprint density at radius 1 is 1.37 bits per heavy atom. The molecule has 0 bridgehead atoms. The Morgan fingerprint density at radius 3 is 2.63 bits per heavy atom. The van der Waals surface area contributed by atoms with Gasteiger partial charge in [0, 0.05) is 18.3 Å². The van der Waals surface area contributed by atoms with Gasteiger partial charge >= 0.3 is 0 Å². The largest absolute Gasteiger partial charge is 0.387 e. The summed E-state index contributed by atoms with van der Waals surface area (Å²) in [5.74, 6) is -2.08. The van der Waals surface area contributed by atoms with Crippen molar-refractivity contribution in [3.63, 3.8) is 0 Å². The molecule has 1 fully saturated rings. The Bertz CT molecular complexity index is 682. The van der Waals surface area contributed by atoms with E-state index in [0.717, 1.165) is 12.1 Å². The van der Waals surface area contributed by atoms with E-state index in [-0.39, 0.29) is 5.70 Å². The van der Waals surface area contributed by atoms with E-state index in [1.54, 1.807) is 6.07 Å². The Kier molecular flexibility index (Phi) is 3.53. The molecule has 0 spiro atoms. The summed E-state index contributed by atoms with van der Waals surface area (Å²) in [5.41, 5.74) is 0.284. The van der Waals surface area contributed by atoms with E-state index in [2.05, 4.69) is 5.32 Å². The number of nitrogens with one attached hydrogen (secondary N) is 1. The maximum atomic E-state index is 13.6. The number of rotatable bonds is 2. The normalized spacial score (nSPS) is 17.7. The number of nitrogens with zero attached hydrogens (tertiary/aromatic N) is 1. The summed E-state index contributed by atoms with van der Waals surface area (Å²) in [7, 11) is -4.27. The maximum absolute atomic E-state index is 13.6. The van der Waals surface area contributed by atoms with Crippen molar-refractivity contribution < 1.29 is 17.2 Å². The molecular formula is C12H10F2N2O2S. The molecule has 0 amide bonds. The molecule has 1 N–H and O–H groups in total. The Hall–Kier alpha value is -1.94. The van der Waals surface area contributed by atoms with Crippen molar-refractivity contribution in [2.45, 2.75) is 17.7 Å². The molecular weight excluding hydrogens is 274 g/mol. The van der Waals surface area contributed by atoms with Gasteiger partial charge in [-0.15, -0.1) is 0 Å². The van der Waals surface area contributed by atoms with Crippen LogP contribution >= 0.6 is 0 Å². The summed E-state index contributed by atoms with van der Waals surface area (Å²) in [4.78, 5) is -1.19. The van der Waals surface area contributed by atoms with Crippen molar-refractivity contribution in [3.8, 4) is 6.07 Å². The standard InChI is InChI=1S/C12H10F2N2O2S/c13-8-3-4-11(9(14)6-8)19(17,18)12(7-15)10-2-1-5-16-10/h3-4,6,16H,1-2,5H2/b12-10+. The van der Waals surface area contributed by atoms with Gasteiger partial charge < -0.3 is 5.32 Å². The van der Waals surface area contributed by atoms with Crippen molar-refractivity contribution in [1.29, 1.82) is 5.26 Å². The van der Waals surface area contributed by atoms with Gasteiger partial charge in [-0.1, -0.05) is 0 Å². The van der Waals surface area contributed by atoms with Crippen LogP contribution in [-0.2, 0) is 9.84 Å². The van der Waals surface area contributed by atoms with Crippen molar-refractivity contribution in [2.24, 2.45) is 0 Å². The Morgan fingerprint density at radius 2 is 2.11 bits per heavy atom. The SMILES string of the molecule is N#C/C(=C1/CCCN1)S(=O)(=O)c1ccc(F)cc1F. The van der Waals surface area contributed by atoms with Gasteiger partial charge in [0.25, 0.3) is 0 Å². The summed E-state index contributed by atoms with van der Waals surface area (Å²) >= 11 is 0. The number of sulfone groups is 1. The molecule has 1 aromatic rings. The van der Waals surface area contributed by atoms with Crippen LogP contribution in [-0.4, -0.2) is 15.0 Å². The van der Waals surface area contributed by atoms with Crippen LogP contribution in [0.15, 0.2) is 33.7 Å². The van der Waals surface area contributed by atoms with E-state index < -0.39 is 31.3 Å². The Labute approximate surface area is 109 Å². The third-order valence-corrected chi connectivity index (χ3v) is 4.56. The van der Waals surface area contributed by atoms with Crippen molar-refractivity contribution in [3.05, 3.63) is 40.4 Å². The number of hydrogen-bond acceptors (Lipinski definition) is 4. The molecule has 0 unspecified atom stereocenters. The lowest BCUT2D eigenvalue weighted by molar-refractivity contribution is 0.551. The number of halogens is 2. The molecule has 4 nitrogen and oxygen atoms in total. The average molecular weight is 284 g/mol. The number of hydrogen-bond donors (Lipinski definition) is 1. The average Bonchev–Trinajstić information content (AvgIpc) is 2.82. The van der Waals surface area contributed by atoms with Gasteiger partial charge in [-0.05, 0) is 25.0 Å². The molecule has 2 rings (SSSR count). The summed E-state index contributed by atoms with van der Waals surface area (Å²) in [6.45, 7) is 0.571. The summed E-state index contributed by atoms with van der Waals surface area (Å²) in [5, 5.41) is 11.8. The second kappa shape index (κ2) is 4.97. The van der Waals surface area contributed by atoms with Crippen LogP contribution in [0.5, 0.6) is 0 Å². The van der Waals surface area contributed by atoms with Gasteiger partial charge in [0.15, 0.2) is 4.91 Å². The Balaban J connectivity index is 2.59. The first-order valence-electron chi connectivity index (χ1n) is 5.54. The summed E-state index contributed by atoms with van der Waals surface area (Å²) in [6, 6.07) is 3.75. The van der Waals surface area contributed by atoms with E-state index in [1.165, 1.54) is 0 Å². The van der Waals surface area contributed by atoms with E-state index in [0.29, 0.717) is 25.5 Å².